The maximum Gasteiger partial charge on any atom is 0.0778 e. The predicted octanol–water partition coefficient (Wildman–Crippen LogP) is 3.42. The first-order valence-corrected chi connectivity index (χ1v) is 6.77. The molecule has 0 saturated heterocycles. The molecule has 19 heavy (non-hydrogen) atoms. The highest BCUT2D eigenvalue weighted by Gasteiger charge is 2.16. The van der Waals surface area contributed by atoms with Gasteiger partial charge in [-0.3, -0.25) is 0 Å². The summed E-state index contributed by atoms with van der Waals surface area (Å²) < 4.78 is 0. The standard InChI is InChI=1S/C16H14N2S/c19-11-15-10-16(18-17-15)14-8-6-13(7-9-14)12-4-2-1-3-5-12/h1-9,11,15,17H,10H2. The Bertz CT molecular complexity index is 602. The first-order valence-electron chi connectivity index (χ1n) is 6.30. The van der Waals surface area contributed by atoms with Crippen LogP contribution >= 0.6 is 12.2 Å². The van der Waals surface area contributed by atoms with Crippen molar-refractivity contribution in [1.82, 2.24) is 5.43 Å². The van der Waals surface area contributed by atoms with E-state index in [1.54, 1.807) is 5.37 Å². The molecule has 1 atom stereocenters. The maximum absolute atomic E-state index is 4.94. The van der Waals surface area contributed by atoms with Crippen molar-refractivity contribution in [3.05, 3.63) is 60.2 Å². The van der Waals surface area contributed by atoms with E-state index < -0.39 is 0 Å². The molecule has 0 spiro atoms. The van der Waals surface area contributed by atoms with E-state index in [-0.39, 0.29) is 6.04 Å². The molecule has 1 N–H and O–H groups in total. The number of hydrogen-bond donors (Lipinski definition) is 1. The minimum absolute atomic E-state index is 0.193. The molecule has 2 aromatic rings. The van der Waals surface area contributed by atoms with Gasteiger partial charge in [-0.2, -0.15) is 5.10 Å². The summed E-state index contributed by atoms with van der Waals surface area (Å²) in [5.41, 5.74) is 7.72. The van der Waals surface area contributed by atoms with E-state index in [0.29, 0.717) is 0 Å². The number of nitrogens with one attached hydrogen (secondary N) is 1. The lowest BCUT2D eigenvalue weighted by Gasteiger charge is -2.04. The third-order valence-electron chi connectivity index (χ3n) is 3.27. The van der Waals surface area contributed by atoms with Crippen LogP contribution in [0, 0.1) is 0 Å². The summed E-state index contributed by atoms with van der Waals surface area (Å²) in [6, 6.07) is 19.1. The summed E-state index contributed by atoms with van der Waals surface area (Å²) in [6.45, 7) is 0. The molecule has 0 radical (unpaired) electrons. The fraction of sp³-hybridized carbons (Fsp3) is 0.125. The molecule has 1 aliphatic heterocycles. The molecule has 1 aliphatic rings. The number of nitrogens with zero attached hydrogens (tertiary/aromatic N) is 1. The molecular formula is C16H14N2S. The van der Waals surface area contributed by atoms with Crippen LogP contribution in [0.4, 0.5) is 0 Å². The van der Waals surface area contributed by atoms with Gasteiger partial charge in [0.15, 0.2) is 0 Å². The zero-order valence-electron chi connectivity index (χ0n) is 10.4. The minimum atomic E-state index is 0.193. The van der Waals surface area contributed by atoms with E-state index in [0.717, 1.165) is 17.7 Å². The van der Waals surface area contributed by atoms with Crippen LogP contribution in [0.1, 0.15) is 12.0 Å². The van der Waals surface area contributed by atoms with Crippen LogP contribution < -0.4 is 5.43 Å². The second-order valence-electron chi connectivity index (χ2n) is 4.58. The van der Waals surface area contributed by atoms with Gasteiger partial charge in [0.25, 0.3) is 0 Å². The maximum atomic E-state index is 4.94. The van der Waals surface area contributed by atoms with Crippen LogP contribution in [-0.2, 0) is 0 Å². The smallest absolute Gasteiger partial charge is 0.0778 e. The van der Waals surface area contributed by atoms with Gasteiger partial charge in [0.2, 0.25) is 0 Å². The van der Waals surface area contributed by atoms with E-state index >= 15 is 0 Å². The molecular weight excluding hydrogens is 252 g/mol. The largest absolute Gasteiger partial charge is 0.302 e. The van der Waals surface area contributed by atoms with E-state index in [4.69, 9.17) is 12.2 Å². The summed E-state index contributed by atoms with van der Waals surface area (Å²) in [4.78, 5) is 0. The lowest BCUT2D eigenvalue weighted by atomic mass is 10.0. The average molecular weight is 266 g/mol. The van der Waals surface area contributed by atoms with Crippen molar-refractivity contribution in [3.8, 4) is 11.1 Å². The second kappa shape index (κ2) is 5.33. The van der Waals surface area contributed by atoms with Crippen molar-refractivity contribution in [2.24, 2.45) is 5.10 Å². The Balaban J connectivity index is 1.82. The molecule has 1 unspecified atom stereocenters. The Morgan fingerprint density at radius 2 is 1.58 bits per heavy atom. The molecule has 0 aliphatic carbocycles. The Morgan fingerprint density at radius 3 is 2.21 bits per heavy atom. The lowest BCUT2D eigenvalue weighted by Crippen LogP contribution is -2.19. The highest BCUT2D eigenvalue weighted by atomic mass is 32.1. The number of hydrogen-bond acceptors (Lipinski definition) is 3. The topological polar surface area (TPSA) is 24.4 Å². The van der Waals surface area contributed by atoms with E-state index in [1.807, 2.05) is 6.07 Å². The highest BCUT2D eigenvalue weighted by Crippen LogP contribution is 2.20. The van der Waals surface area contributed by atoms with Gasteiger partial charge in [0.05, 0.1) is 11.8 Å². The third kappa shape index (κ3) is 2.56. The van der Waals surface area contributed by atoms with E-state index in [2.05, 4.69) is 59.1 Å². The zero-order chi connectivity index (χ0) is 13.1. The van der Waals surface area contributed by atoms with Crippen LogP contribution in [0.15, 0.2) is 59.7 Å². The summed E-state index contributed by atoms with van der Waals surface area (Å²) in [6.07, 6.45) is 0.869. The third-order valence-corrected chi connectivity index (χ3v) is 3.60. The summed E-state index contributed by atoms with van der Waals surface area (Å²) in [5.74, 6) is 0. The molecule has 3 heteroatoms. The van der Waals surface area contributed by atoms with Crippen LogP contribution in [0.5, 0.6) is 0 Å². The monoisotopic (exact) mass is 266 g/mol. The van der Waals surface area contributed by atoms with Crippen LogP contribution in [0.3, 0.4) is 0 Å². The molecule has 0 amide bonds. The van der Waals surface area contributed by atoms with Crippen molar-refractivity contribution < 1.29 is 0 Å². The number of thiocarbonyl (C=S) groups is 1. The predicted molar refractivity (Wildman–Crippen MR) is 83.6 cm³/mol. The Kier molecular flexibility index (Phi) is 3.38. The fourth-order valence-corrected chi connectivity index (χ4v) is 2.36. The number of benzene rings is 2. The summed E-state index contributed by atoms with van der Waals surface area (Å²) in [5, 5.41) is 6.06. The van der Waals surface area contributed by atoms with E-state index in [9.17, 15) is 0 Å². The normalized spacial score (nSPS) is 17.7. The number of hydrazone groups is 1. The minimum Gasteiger partial charge on any atom is -0.302 e. The lowest BCUT2D eigenvalue weighted by molar-refractivity contribution is 0.739. The van der Waals surface area contributed by atoms with Gasteiger partial charge in [-0.15, -0.1) is 0 Å². The zero-order valence-corrected chi connectivity index (χ0v) is 11.2. The summed E-state index contributed by atoms with van der Waals surface area (Å²) >= 11 is 4.94. The van der Waals surface area contributed by atoms with Gasteiger partial charge < -0.3 is 5.43 Å². The SMILES string of the molecule is S=CC1CC(c2ccc(-c3ccccc3)cc2)=NN1. The van der Waals surface area contributed by atoms with Gasteiger partial charge in [-0.25, -0.2) is 0 Å². The molecule has 0 aromatic heterocycles. The number of rotatable bonds is 3. The van der Waals surface area contributed by atoms with Gasteiger partial charge in [-0.05, 0) is 16.7 Å². The van der Waals surface area contributed by atoms with Crippen molar-refractivity contribution in [1.29, 1.82) is 0 Å². The molecule has 2 nitrogen and oxygen atoms in total. The van der Waals surface area contributed by atoms with Crippen LogP contribution in [0.2, 0.25) is 0 Å². The Hall–Kier alpha value is -2.00. The van der Waals surface area contributed by atoms with Gasteiger partial charge in [0.1, 0.15) is 0 Å². The average Bonchev–Trinajstić information content (AvgIpc) is 2.97. The quantitative estimate of drug-likeness (QED) is 0.861. The molecule has 0 bridgehead atoms. The van der Waals surface area contributed by atoms with Crippen molar-refractivity contribution in [3.63, 3.8) is 0 Å². The molecule has 1 heterocycles. The first kappa shape index (κ1) is 12.1. The van der Waals surface area contributed by atoms with E-state index in [1.165, 1.54) is 11.1 Å². The van der Waals surface area contributed by atoms with Crippen molar-refractivity contribution in [2.75, 3.05) is 0 Å². The molecule has 94 valence electrons. The molecule has 2 aromatic carbocycles. The fourth-order valence-electron chi connectivity index (χ4n) is 2.21. The highest BCUT2D eigenvalue weighted by molar-refractivity contribution is 7.79. The Morgan fingerprint density at radius 1 is 0.947 bits per heavy atom. The van der Waals surface area contributed by atoms with Crippen molar-refractivity contribution in [2.45, 2.75) is 12.5 Å². The van der Waals surface area contributed by atoms with Crippen LogP contribution in [0.25, 0.3) is 11.1 Å². The van der Waals surface area contributed by atoms with Crippen LogP contribution in [-0.4, -0.2) is 17.1 Å². The molecule has 0 fully saturated rings. The van der Waals surface area contributed by atoms with Gasteiger partial charge in [0, 0.05) is 11.8 Å². The summed E-state index contributed by atoms with van der Waals surface area (Å²) in [7, 11) is 0. The van der Waals surface area contributed by atoms with Crippen molar-refractivity contribution >= 4 is 23.3 Å². The van der Waals surface area contributed by atoms with Gasteiger partial charge >= 0.3 is 0 Å². The second-order valence-corrected chi connectivity index (χ2v) is 4.85. The van der Waals surface area contributed by atoms with Gasteiger partial charge in [-0.1, -0.05) is 66.8 Å². The Labute approximate surface area is 118 Å². The first-order chi connectivity index (χ1) is 9.36. The molecule has 3 rings (SSSR count). The molecule has 0 saturated carbocycles.